The van der Waals surface area contributed by atoms with Gasteiger partial charge in [0.2, 0.25) is 0 Å². The van der Waals surface area contributed by atoms with Crippen LogP contribution in [0.25, 0.3) is 11.1 Å². The average Bonchev–Trinajstić information content (AvgIpc) is 2.31. The van der Waals surface area contributed by atoms with E-state index in [0.717, 1.165) is 16.7 Å². The molecule has 2 aromatic carbocycles. The lowest BCUT2D eigenvalue weighted by molar-refractivity contribution is -0.136. The summed E-state index contributed by atoms with van der Waals surface area (Å²) in [5, 5.41) is 8.65. The molecule has 92 valence electrons. The molecule has 0 fully saturated rings. The third-order valence-corrected chi connectivity index (χ3v) is 2.75. The van der Waals surface area contributed by atoms with Crippen LogP contribution < -0.4 is 0 Å². The Morgan fingerprint density at radius 1 is 1.17 bits per heavy atom. The van der Waals surface area contributed by atoms with E-state index in [1.54, 1.807) is 6.07 Å². The van der Waals surface area contributed by atoms with Crippen molar-refractivity contribution in [2.24, 2.45) is 0 Å². The summed E-state index contributed by atoms with van der Waals surface area (Å²) in [6.07, 6.45) is -0.292. The fraction of sp³-hybridized carbons (Fsp3) is 0.133. The van der Waals surface area contributed by atoms with Gasteiger partial charge in [-0.1, -0.05) is 42.0 Å². The van der Waals surface area contributed by atoms with Gasteiger partial charge in [-0.05, 0) is 29.7 Å². The highest BCUT2D eigenvalue weighted by molar-refractivity contribution is 5.71. The van der Waals surface area contributed by atoms with Crippen LogP contribution in [-0.4, -0.2) is 11.1 Å². The molecule has 0 atom stereocenters. The second kappa shape index (κ2) is 5.00. The van der Waals surface area contributed by atoms with Gasteiger partial charge in [-0.25, -0.2) is 4.39 Å². The molecule has 3 heteroatoms. The highest BCUT2D eigenvalue weighted by Crippen LogP contribution is 2.23. The highest BCUT2D eigenvalue weighted by atomic mass is 19.1. The predicted octanol–water partition coefficient (Wildman–Crippen LogP) is 3.43. The Bertz CT molecular complexity index is 591. The summed E-state index contributed by atoms with van der Waals surface area (Å²) in [6.45, 7) is 1.97. The Morgan fingerprint density at radius 2 is 1.89 bits per heavy atom. The third-order valence-electron chi connectivity index (χ3n) is 2.75. The van der Waals surface area contributed by atoms with E-state index < -0.39 is 11.8 Å². The Balaban J connectivity index is 2.37. The topological polar surface area (TPSA) is 37.3 Å². The number of carbonyl (C=O) groups is 1. The first-order chi connectivity index (χ1) is 8.56. The summed E-state index contributed by atoms with van der Waals surface area (Å²) >= 11 is 0. The predicted molar refractivity (Wildman–Crippen MR) is 67.9 cm³/mol. The molecule has 0 bridgehead atoms. The highest BCUT2D eigenvalue weighted by Gasteiger charge is 2.08. The van der Waals surface area contributed by atoms with Crippen LogP contribution in [0.5, 0.6) is 0 Å². The fourth-order valence-corrected chi connectivity index (χ4v) is 1.86. The van der Waals surface area contributed by atoms with E-state index in [1.807, 2.05) is 31.2 Å². The molecule has 0 aliphatic carbocycles. The standard InChI is InChI=1S/C15H13FO2/c1-10-3-2-4-11(7-10)12-5-6-13(9-15(17)18)14(16)8-12/h2-8H,9H2,1H3,(H,17,18). The summed E-state index contributed by atoms with van der Waals surface area (Å²) < 4.78 is 13.7. The van der Waals surface area contributed by atoms with Crippen LogP contribution >= 0.6 is 0 Å². The Morgan fingerprint density at radius 3 is 2.50 bits per heavy atom. The molecule has 0 heterocycles. The van der Waals surface area contributed by atoms with Crippen molar-refractivity contribution in [3.05, 3.63) is 59.4 Å². The van der Waals surface area contributed by atoms with Crippen LogP contribution in [0.4, 0.5) is 4.39 Å². The summed E-state index contributed by atoms with van der Waals surface area (Å²) in [5.41, 5.74) is 2.99. The second-order valence-electron chi connectivity index (χ2n) is 4.25. The minimum absolute atomic E-state index is 0.207. The monoisotopic (exact) mass is 244 g/mol. The van der Waals surface area contributed by atoms with Gasteiger partial charge in [0, 0.05) is 0 Å². The van der Waals surface area contributed by atoms with Crippen LogP contribution in [0.3, 0.4) is 0 Å². The van der Waals surface area contributed by atoms with Crippen LogP contribution in [0.15, 0.2) is 42.5 Å². The zero-order valence-electron chi connectivity index (χ0n) is 9.98. The largest absolute Gasteiger partial charge is 0.481 e. The molecule has 0 radical (unpaired) electrons. The summed E-state index contributed by atoms with van der Waals surface area (Å²) in [6, 6.07) is 12.4. The van der Waals surface area contributed by atoms with Gasteiger partial charge in [0.25, 0.3) is 0 Å². The van der Waals surface area contributed by atoms with Gasteiger partial charge in [0.15, 0.2) is 0 Å². The van der Waals surface area contributed by atoms with Crippen molar-refractivity contribution in [2.75, 3.05) is 0 Å². The third kappa shape index (κ3) is 2.74. The molecule has 0 aliphatic heterocycles. The van der Waals surface area contributed by atoms with Gasteiger partial charge in [-0.2, -0.15) is 0 Å². The molecule has 2 aromatic rings. The Hall–Kier alpha value is -2.16. The summed E-state index contributed by atoms with van der Waals surface area (Å²) in [5.74, 6) is -1.51. The first kappa shape index (κ1) is 12.3. The molecule has 2 rings (SSSR count). The molecule has 0 spiro atoms. The molecule has 0 saturated heterocycles. The molecule has 0 saturated carbocycles. The minimum Gasteiger partial charge on any atom is -0.481 e. The van der Waals surface area contributed by atoms with E-state index in [1.165, 1.54) is 12.1 Å². The fourth-order valence-electron chi connectivity index (χ4n) is 1.86. The molecular weight excluding hydrogens is 231 g/mol. The van der Waals surface area contributed by atoms with Crippen LogP contribution in [-0.2, 0) is 11.2 Å². The number of rotatable bonds is 3. The normalized spacial score (nSPS) is 10.3. The van der Waals surface area contributed by atoms with Gasteiger partial charge < -0.3 is 5.11 Å². The van der Waals surface area contributed by atoms with E-state index in [4.69, 9.17) is 5.11 Å². The van der Waals surface area contributed by atoms with E-state index in [0.29, 0.717) is 0 Å². The SMILES string of the molecule is Cc1cccc(-c2ccc(CC(=O)O)c(F)c2)c1. The number of hydrogen-bond acceptors (Lipinski definition) is 1. The number of aryl methyl sites for hydroxylation is 1. The van der Waals surface area contributed by atoms with Crippen molar-refractivity contribution in [1.82, 2.24) is 0 Å². The maximum Gasteiger partial charge on any atom is 0.307 e. The zero-order valence-corrected chi connectivity index (χ0v) is 9.98. The van der Waals surface area contributed by atoms with Crippen molar-refractivity contribution in [1.29, 1.82) is 0 Å². The van der Waals surface area contributed by atoms with Crippen molar-refractivity contribution >= 4 is 5.97 Å². The first-order valence-electron chi connectivity index (χ1n) is 5.63. The lowest BCUT2D eigenvalue weighted by Crippen LogP contribution is -2.02. The van der Waals surface area contributed by atoms with E-state index >= 15 is 0 Å². The van der Waals surface area contributed by atoms with Crippen LogP contribution in [0.1, 0.15) is 11.1 Å². The van der Waals surface area contributed by atoms with Crippen LogP contribution in [0, 0.1) is 12.7 Å². The number of hydrogen-bond donors (Lipinski definition) is 1. The number of carboxylic acids is 1. The van der Waals surface area contributed by atoms with Gasteiger partial charge in [-0.3, -0.25) is 4.79 Å². The molecule has 0 aromatic heterocycles. The molecule has 0 amide bonds. The Kier molecular flexibility index (Phi) is 3.42. The van der Waals surface area contributed by atoms with Crippen LogP contribution in [0.2, 0.25) is 0 Å². The van der Waals surface area contributed by atoms with Gasteiger partial charge in [0.1, 0.15) is 5.82 Å². The van der Waals surface area contributed by atoms with E-state index in [2.05, 4.69) is 0 Å². The molecule has 0 unspecified atom stereocenters. The number of halogens is 1. The van der Waals surface area contributed by atoms with Gasteiger partial charge in [0.05, 0.1) is 6.42 Å². The lowest BCUT2D eigenvalue weighted by atomic mass is 10.0. The molecule has 0 aliphatic rings. The lowest BCUT2D eigenvalue weighted by Gasteiger charge is -2.06. The quantitative estimate of drug-likeness (QED) is 0.898. The van der Waals surface area contributed by atoms with Gasteiger partial charge in [-0.15, -0.1) is 0 Å². The molecular formula is C15H13FO2. The average molecular weight is 244 g/mol. The van der Waals surface area contributed by atoms with Crippen molar-refractivity contribution in [3.63, 3.8) is 0 Å². The summed E-state index contributed by atoms with van der Waals surface area (Å²) in [4.78, 5) is 10.6. The van der Waals surface area contributed by atoms with Gasteiger partial charge >= 0.3 is 5.97 Å². The smallest absolute Gasteiger partial charge is 0.307 e. The minimum atomic E-state index is -1.03. The zero-order chi connectivity index (χ0) is 13.1. The molecule has 2 nitrogen and oxygen atoms in total. The maximum absolute atomic E-state index is 13.7. The Labute approximate surface area is 105 Å². The molecule has 18 heavy (non-hydrogen) atoms. The molecule has 1 N–H and O–H groups in total. The summed E-state index contributed by atoms with van der Waals surface area (Å²) in [7, 11) is 0. The van der Waals surface area contributed by atoms with Crippen molar-refractivity contribution in [3.8, 4) is 11.1 Å². The van der Waals surface area contributed by atoms with Crippen molar-refractivity contribution in [2.45, 2.75) is 13.3 Å². The van der Waals surface area contributed by atoms with E-state index in [-0.39, 0.29) is 12.0 Å². The number of aliphatic carboxylic acids is 1. The van der Waals surface area contributed by atoms with Crippen molar-refractivity contribution < 1.29 is 14.3 Å². The number of benzene rings is 2. The second-order valence-corrected chi connectivity index (χ2v) is 4.25. The first-order valence-corrected chi connectivity index (χ1v) is 5.63. The maximum atomic E-state index is 13.7. The van der Waals surface area contributed by atoms with E-state index in [9.17, 15) is 9.18 Å². The number of carboxylic acid groups (broad SMARTS) is 1.